The van der Waals surface area contributed by atoms with Gasteiger partial charge >= 0.3 is 0 Å². The number of ether oxygens (including phenoxy) is 1. The lowest BCUT2D eigenvalue weighted by Gasteiger charge is -2.18. The fourth-order valence-corrected chi connectivity index (χ4v) is 3.31. The van der Waals surface area contributed by atoms with Crippen LogP contribution in [0.1, 0.15) is 35.4 Å². The maximum atomic E-state index is 12.2. The standard InChI is InChI=1S/C25H27NO2/c1-20-10-8-9-15-24(20)28-19-17-25(27)26-18-16-23(21-11-4-2-5-12-21)22-13-6-3-7-14-22/h2-15,23H,16-19H2,1H3,(H,26,27). The molecule has 1 amide bonds. The summed E-state index contributed by atoms with van der Waals surface area (Å²) in [6, 6.07) is 28.7. The number of rotatable bonds is 9. The number of carbonyl (C=O) groups is 1. The lowest BCUT2D eigenvalue weighted by Crippen LogP contribution is -2.27. The molecule has 28 heavy (non-hydrogen) atoms. The molecule has 0 aliphatic carbocycles. The van der Waals surface area contributed by atoms with Gasteiger partial charge in [0.25, 0.3) is 0 Å². The summed E-state index contributed by atoms with van der Waals surface area (Å²) in [7, 11) is 0. The molecule has 0 saturated carbocycles. The number of para-hydroxylation sites is 1. The number of aryl methyl sites for hydroxylation is 1. The molecule has 3 rings (SSSR count). The van der Waals surface area contributed by atoms with Gasteiger partial charge in [-0.1, -0.05) is 78.9 Å². The van der Waals surface area contributed by atoms with Gasteiger partial charge in [0.05, 0.1) is 13.0 Å². The molecule has 0 unspecified atom stereocenters. The normalized spacial score (nSPS) is 10.6. The van der Waals surface area contributed by atoms with E-state index in [2.05, 4.69) is 53.8 Å². The van der Waals surface area contributed by atoms with Crippen LogP contribution in [0.5, 0.6) is 5.75 Å². The highest BCUT2D eigenvalue weighted by atomic mass is 16.5. The Morgan fingerprint density at radius 1 is 0.857 bits per heavy atom. The summed E-state index contributed by atoms with van der Waals surface area (Å²) in [6.45, 7) is 3.03. The highest BCUT2D eigenvalue weighted by Crippen LogP contribution is 2.27. The monoisotopic (exact) mass is 373 g/mol. The van der Waals surface area contributed by atoms with Crippen LogP contribution in [-0.2, 0) is 4.79 Å². The highest BCUT2D eigenvalue weighted by molar-refractivity contribution is 5.75. The van der Waals surface area contributed by atoms with E-state index in [0.29, 0.717) is 19.6 Å². The summed E-state index contributed by atoms with van der Waals surface area (Å²) in [5, 5.41) is 3.03. The van der Waals surface area contributed by atoms with Crippen molar-refractivity contribution in [1.29, 1.82) is 0 Å². The summed E-state index contributed by atoms with van der Waals surface area (Å²) in [4.78, 5) is 12.2. The number of hydrogen-bond acceptors (Lipinski definition) is 2. The first-order valence-corrected chi connectivity index (χ1v) is 9.79. The third kappa shape index (κ3) is 5.71. The smallest absolute Gasteiger partial charge is 0.223 e. The van der Waals surface area contributed by atoms with Crippen LogP contribution in [0.15, 0.2) is 84.9 Å². The van der Waals surface area contributed by atoms with Crippen molar-refractivity contribution in [2.75, 3.05) is 13.2 Å². The van der Waals surface area contributed by atoms with Crippen LogP contribution >= 0.6 is 0 Å². The molecule has 0 radical (unpaired) electrons. The molecule has 0 aliphatic rings. The van der Waals surface area contributed by atoms with Crippen LogP contribution in [0.3, 0.4) is 0 Å². The van der Waals surface area contributed by atoms with E-state index < -0.39 is 0 Å². The molecule has 0 aliphatic heterocycles. The number of hydrogen-bond donors (Lipinski definition) is 1. The second-order valence-corrected chi connectivity index (χ2v) is 6.88. The maximum Gasteiger partial charge on any atom is 0.223 e. The maximum absolute atomic E-state index is 12.2. The van der Waals surface area contributed by atoms with Gasteiger partial charge in [0.1, 0.15) is 5.75 Å². The van der Waals surface area contributed by atoms with Crippen molar-refractivity contribution in [2.24, 2.45) is 0 Å². The average molecular weight is 373 g/mol. The number of carbonyl (C=O) groups excluding carboxylic acids is 1. The second-order valence-electron chi connectivity index (χ2n) is 6.88. The van der Waals surface area contributed by atoms with E-state index in [4.69, 9.17) is 4.74 Å². The average Bonchev–Trinajstić information content (AvgIpc) is 2.74. The third-order valence-electron chi connectivity index (χ3n) is 4.84. The summed E-state index contributed by atoms with van der Waals surface area (Å²) in [5.74, 6) is 1.13. The molecule has 0 saturated heterocycles. The van der Waals surface area contributed by atoms with Crippen molar-refractivity contribution in [3.05, 3.63) is 102 Å². The largest absolute Gasteiger partial charge is 0.493 e. The first-order valence-electron chi connectivity index (χ1n) is 9.79. The van der Waals surface area contributed by atoms with Crippen molar-refractivity contribution in [1.82, 2.24) is 5.32 Å². The van der Waals surface area contributed by atoms with Crippen LogP contribution in [0.4, 0.5) is 0 Å². The van der Waals surface area contributed by atoms with E-state index in [1.54, 1.807) is 0 Å². The van der Waals surface area contributed by atoms with Crippen LogP contribution < -0.4 is 10.1 Å². The van der Waals surface area contributed by atoms with Gasteiger partial charge in [0, 0.05) is 12.5 Å². The van der Waals surface area contributed by atoms with Crippen LogP contribution in [-0.4, -0.2) is 19.1 Å². The van der Waals surface area contributed by atoms with Gasteiger partial charge in [0.2, 0.25) is 5.91 Å². The fraction of sp³-hybridized carbons (Fsp3) is 0.240. The molecule has 0 atom stereocenters. The van der Waals surface area contributed by atoms with Crippen LogP contribution in [0.25, 0.3) is 0 Å². The van der Waals surface area contributed by atoms with E-state index >= 15 is 0 Å². The van der Waals surface area contributed by atoms with Gasteiger partial charge in [-0.25, -0.2) is 0 Å². The zero-order chi connectivity index (χ0) is 19.6. The Labute approximate surface area is 167 Å². The number of nitrogens with one attached hydrogen (secondary N) is 1. The Morgan fingerprint density at radius 2 is 1.43 bits per heavy atom. The van der Waals surface area contributed by atoms with Crippen molar-refractivity contribution in [2.45, 2.75) is 25.7 Å². The van der Waals surface area contributed by atoms with E-state index in [0.717, 1.165) is 17.7 Å². The zero-order valence-electron chi connectivity index (χ0n) is 16.3. The fourth-order valence-electron chi connectivity index (χ4n) is 3.31. The Bertz CT molecular complexity index is 822. The SMILES string of the molecule is Cc1ccccc1OCCC(=O)NCCC(c1ccccc1)c1ccccc1. The molecule has 3 aromatic carbocycles. The van der Waals surface area contributed by atoms with Crippen LogP contribution in [0, 0.1) is 6.92 Å². The van der Waals surface area contributed by atoms with Crippen molar-refractivity contribution in [3.8, 4) is 5.75 Å². The molecule has 0 bridgehead atoms. The molecule has 0 fully saturated rings. The summed E-state index contributed by atoms with van der Waals surface area (Å²) in [5.41, 5.74) is 3.62. The minimum Gasteiger partial charge on any atom is -0.493 e. The summed E-state index contributed by atoms with van der Waals surface area (Å²) in [6.07, 6.45) is 1.22. The zero-order valence-corrected chi connectivity index (χ0v) is 16.3. The summed E-state index contributed by atoms with van der Waals surface area (Å²) < 4.78 is 5.71. The quantitative estimate of drug-likeness (QED) is 0.566. The molecular formula is C25H27NO2. The van der Waals surface area contributed by atoms with Gasteiger partial charge in [-0.2, -0.15) is 0 Å². The molecule has 144 valence electrons. The highest BCUT2D eigenvalue weighted by Gasteiger charge is 2.14. The molecule has 0 heterocycles. The lowest BCUT2D eigenvalue weighted by molar-refractivity contribution is -0.121. The van der Waals surface area contributed by atoms with Gasteiger partial charge in [-0.15, -0.1) is 0 Å². The van der Waals surface area contributed by atoms with Gasteiger partial charge < -0.3 is 10.1 Å². The predicted octanol–water partition coefficient (Wildman–Crippen LogP) is 5.10. The van der Waals surface area contributed by atoms with E-state index in [1.807, 2.05) is 43.3 Å². The van der Waals surface area contributed by atoms with Gasteiger partial charge in [0.15, 0.2) is 0 Å². The van der Waals surface area contributed by atoms with Crippen molar-refractivity contribution in [3.63, 3.8) is 0 Å². The molecular weight excluding hydrogens is 346 g/mol. The Balaban J connectivity index is 1.49. The van der Waals surface area contributed by atoms with E-state index in [1.165, 1.54) is 11.1 Å². The first-order chi connectivity index (χ1) is 13.7. The Morgan fingerprint density at radius 3 is 2.04 bits per heavy atom. The second kappa shape index (κ2) is 10.3. The molecule has 3 aromatic rings. The van der Waals surface area contributed by atoms with E-state index in [-0.39, 0.29) is 11.8 Å². The molecule has 0 aromatic heterocycles. The first kappa shape index (κ1) is 19.7. The van der Waals surface area contributed by atoms with Crippen LogP contribution in [0.2, 0.25) is 0 Å². The van der Waals surface area contributed by atoms with E-state index in [9.17, 15) is 4.79 Å². The molecule has 3 heteroatoms. The number of amides is 1. The minimum absolute atomic E-state index is 0.0217. The summed E-state index contributed by atoms with van der Waals surface area (Å²) >= 11 is 0. The predicted molar refractivity (Wildman–Crippen MR) is 114 cm³/mol. The molecule has 1 N–H and O–H groups in total. The van der Waals surface area contributed by atoms with Crippen molar-refractivity contribution >= 4 is 5.91 Å². The molecule has 3 nitrogen and oxygen atoms in total. The minimum atomic E-state index is 0.0217. The molecule has 0 spiro atoms. The lowest BCUT2D eigenvalue weighted by atomic mass is 9.88. The van der Waals surface area contributed by atoms with Crippen molar-refractivity contribution < 1.29 is 9.53 Å². The Kier molecular flexibility index (Phi) is 7.25. The number of benzene rings is 3. The topological polar surface area (TPSA) is 38.3 Å². The Hall–Kier alpha value is -3.07. The van der Waals surface area contributed by atoms with Gasteiger partial charge in [-0.05, 0) is 36.1 Å². The van der Waals surface area contributed by atoms with Gasteiger partial charge in [-0.3, -0.25) is 4.79 Å². The third-order valence-corrected chi connectivity index (χ3v) is 4.84.